The third kappa shape index (κ3) is 4.33. The molecule has 0 bridgehead atoms. The van der Waals surface area contributed by atoms with Gasteiger partial charge in [-0.05, 0) is 31.5 Å². The van der Waals surface area contributed by atoms with Crippen molar-refractivity contribution in [2.75, 3.05) is 37.4 Å². The monoisotopic (exact) mass is 346 g/mol. The van der Waals surface area contributed by atoms with E-state index in [9.17, 15) is 0 Å². The topological polar surface area (TPSA) is 57.2 Å². The van der Waals surface area contributed by atoms with Gasteiger partial charge in [0.15, 0.2) is 0 Å². The summed E-state index contributed by atoms with van der Waals surface area (Å²) in [6.07, 6.45) is 5.81. The SMILES string of the molecule is CN(C)c1nccc(NC2CCCN(Cc3cccnc3Cl)C2)n1. The zero-order chi connectivity index (χ0) is 16.9. The first kappa shape index (κ1) is 16.9. The van der Waals surface area contributed by atoms with Gasteiger partial charge in [0, 0.05) is 51.2 Å². The van der Waals surface area contributed by atoms with Crippen molar-refractivity contribution in [3.8, 4) is 0 Å². The Morgan fingerprint density at radius 2 is 2.17 bits per heavy atom. The number of aromatic nitrogens is 3. The Labute approximate surface area is 147 Å². The summed E-state index contributed by atoms with van der Waals surface area (Å²) < 4.78 is 0. The Bertz CT molecular complexity index is 678. The number of hydrogen-bond donors (Lipinski definition) is 1. The molecule has 0 aliphatic carbocycles. The fourth-order valence-electron chi connectivity index (χ4n) is 2.95. The number of nitrogens with one attached hydrogen (secondary N) is 1. The summed E-state index contributed by atoms with van der Waals surface area (Å²) in [6, 6.07) is 6.27. The van der Waals surface area contributed by atoms with Crippen molar-refractivity contribution >= 4 is 23.4 Å². The molecule has 2 aromatic rings. The maximum Gasteiger partial charge on any atom is 0.226 e. The van der Waals surface area contributed by atoms with Crippen molar-refractivity contribution in [3.63, 3.8) is 0 Å². The van der Waals surface area contributed by atoms with Gasteiger partial charge in [-0.2, -0.15) is 4.98 Å². The molecule has 1 unspecified atom stereocenters. The third-order valence-corrected chi connectivity index (χ3v) is 4.47. The van der Waals surface area contributed by atoms with Gasteiger partial charge >= 0.3 is 0 Å². The first-order valence-corrected chi connectivity index (χ1v) is 8.58. The first-order valence-electron chi connectivity index (χ1n) is 8.20. The highest BCUT2D eigenvalue weighted by atomic mass is 35.5. The van der Waals surface area contributed by atoms with E-state index in [0.29, 0.717) is 11.2 Å². The molecule has 1 atom stereocenters. The van der Waals surface area contributed by atoms with Crippen molar-refractivity contribution < 1.29 is 0 Å². The van der Waals surface area contributed by atoms with E-state index in [-0.39, 0.29) is 0 Å². The normalized spacial score (nSPS) is 18.4. The van der Waals surface area contributed by atoms with Crippen LogP contribution in [-0.4, -0.2) is 53.1 Å². The highest BCUT2D eigenvalue weighted by molar-refractivity contribution is 6.30. The predicted molar refractivity (Wildman–Crippen MR) is 97.5 cm³/mol. The number of halogens is 1. The van der Waals surface area contributed by atoms with Crippen LogP contribution >= 0.6 is 11.6 Å². The Hall–Kier alpha value is -1.92. The fraction of sp³-hybridized carbons (Fsp3) is 0.471. The molecule has 0 amide bonds. The molecule has 1 aliphatic rings. The molecular formula is C17H23ClN6. The number of pyridine rings is 1. The molecule has 3 rings (SSSR count). The largest absolute Gasteiger partial charge is 0.366 e. The van der Waals surface area contributed by atoms with E-state index in [1.165, 1.54) is 0 Å². The van der Waals surface area contributed by atoms with Crippen molar-refractivity contribution in [3.05, 3.63) is 41.3 Å². The summed E-state index contributed by atoms with van der Waals surface area (Å²) in [7, 11) is 3.89. The first-order chi connectivity index (χ1) is 11.6. The number of piperidine rings is 1. The van der Waals surface area contributed by atoms with Gasteiger partial charge in [-0.15, -0.1) is 0 Å². The molecule has 128 valence electrons. The van der Waals surface area contributed by atoms with Gasteiger partial charge in [-0.3, -0.25) is 4.90 Å². The van der Waals surface area contributed by atoms with Crippen molar-refractivity contribution in [2.24, 2.45) is 0 Å². The van der Waals surface area contributed by atoms with E-state index in [0.717, 1.165) is 49.8 Å². The van der Waals surface area contributed by atoms with Crippen LogP contribution in [0.1, 0.15) is 18.4 Å². The number of likely N-dealkylation sites (tertiary alicyclic amines) is 1. The molecule has 7 heteroatoms. The minimum absolute atomic E-state index is 0.374. The van der Waals surface area contributed by atoms with Gasteiger partial charge in [-0.25, -0.2) is 9.97 Å². The second-order valence-corrected chi connectivity index (χ2v) is 6.67. The lowest BCUT2D eigenvalue weighted by Crippen LogP contribution is -2.41. The summed E-state index contributed by atoms with van der Waals surface area (Å²) in [4.78, 5) is 17.3. The summed E-state index contributed by atoms with van der Waals surface area (Å²) in [5.41, 5.74) is 1.08. The summed E-state index contributed by atoms with van der Waals surface area (Å²) in [5, 5.41) is 4.13. The molecule has 1 saturated heterocycles. The van der Waals surface area contributed by atoms with Crippen LogP contribution in [0, 0.1) is 0 Å². The van der Waals surface area contributed by atoms with Crippen LogP contribution in [0.3, 0.4) is 0 Å². The number of rotatable bonds is 5. The molecule has 2 aromatic heterocycles. The molecule has 0 saturated carbocycles. The van der Waals surface area contributed by atoms with Gasteiger partial charge < -0.3 is 10.2 Å². The lowest BCUT2D eigenvalue weighted by Gasteiger charge is -2.33. The van der Waals surface area contributed by atoms with E-state index < -0.39 is 0 Å². The molecule has 0 spiro atoms. The molecule has 3 heterocycles. The lowest BCUT2D eigenvalue weighted by atomic mass is 10.1. The van der Waals surface area contributed by atoms with Gasteiger partial charge in [0.2, 0.25) is 5.95 Å². The lowest BCUT2D eigenvalue weighted by molar-refractivity contribution is 0.208. The van der Waals surface area contributed by atoms with Crippen LogP contribution < -0.4 is 10.2 Å². The smallest absolute Gasteiger partial charge is 0.226 e. The van der Waals surface area contributed by atoms with E-state index in [1.807, 2.05) is 37.2 Å². The Kier molecular flexibility index (Phi) is 5.48. The summed E-state index contributed by atoms with van der Waals surface area (Å²) >= 11 is 6.18. The second-order valence-electron chi connectivity index (χ2n) is 6.31. The van der Waals surface area contributed by atoms with E-state index in [2.05, 4.69) is 25.2 Å². The van der Waals surface area contributed by atoms with Gasteiger partial charge in [0.25, 0.3) is 0 Å². The number of anilines is 2. The van der Waals surface area contributed by atoms with Crippen LogP contribution in [0.4, 0.5) is 11.8 Å². The average Bonchev–Trinajstić information content (AvgIpc) is 2.57. The van der Waals surface area contributed by atoms with E-state index in [1.54, 1.807) is 12.4 Å². The fourth-order valence-corrected chi connectivity index (χ4v) is 3.13. The second kappa shape index (κ2) is 7.77. The van der Waals surface area contributed by atoms with Crippen LogP contribution in [0.25, 0.3) is 0 Å². The van der Waals surface area contributed by atoms with Crippen molar-refractivity contribution in [1.82, 2.24) is 19.9 Å². The average molecular weight is 347 g/mol. The molecule has 1 N–H and O–H groups in total. The molecule has 0 aromatic carbocycles. The van der Waals surface area contributed by atoms with E-state index >= 15 is 0 Å². The molecular weight excluding hydrogens is 324 g/mol. The minimum Gasteiger partial charge on any atom is -0.366 e. The van der Waals surface area contributed by atoms with Crippen LogP contribution in [0.15, 0.2) is 30.6 Å². The summed E-state index contributed by atoms with van der Waals surface area (Å²) in [6.45, 7) is 2.88. The molecule has 24 heavy (non-hydrogen) atoms. The van der Waals surface area contributed by atoms with Gasteiger partial charge in [0.05, 0.1) is 0 Å². The van der Waals surface area contributed by atoms with Crippen LogP contribution in [0.5, 0.6) is 0 Å². The van der Waals surface area contributed by atoms with Gasteiger partial charge in [0.1, 0.15) is 11.0 Å². The number of nitrogens with zero attached hydrogens (tertiary/aromatic N) is 5. The molecule has 1 aliphatic heterocycles. The standard InChI is InChI=1S/C17H23ClN6/c1-23(2)17-20-9-7-15(22-17)21-14-6-4-10-24(12-14)11-13-5-3-8-19-16(13)18/h3,5,7-9,14H,4,6,10-12H2,1-2H3,(H,20,21,22). The van der Waals surface area contributed by atoms with Crippen molar-refractivity contribution in [1.29, 1.82) is 0 Å². The number of hydrogen-bond acceptors (Lipinski definition) is 6. The Balaban J connectivity index is 1.61. The zero-order valence-electron chi connectivity index (χ0n) is 14.1. The van der Waals surface area contributed by atoms with E-state index in [4.69, 9.17) is 11.6 Å². The predicted octanol–water partition coefficient (Wildman–Crippen LogP) is 2.67. The molecule has 6 nitrogen and oxygen atoms in total. The third-order valence-electron chi connectivity index (χ3n) is 4.13. The van der Waals surface area contributed by atoms with Crippen LogP contribution in [0.2, 0.25) is 5.15 Å². The highest BCUT2D eigenvalue weighted by Gasteiger charge is 2.21. The maximum absolute atomic E-state index is 6.18. The molecule has 0 radical (unpaired) electrons. The zero-order valence-corrected chi connectivity index (χ0v) is 14.9. The Morgan fingerprint density at radius 1 is 1.29 bits per heavy atom. The maximum atomic E-state index is 6.18. The minimum atomic E-state index is 0.374. The van der Waals surface area contributed by atoms with Crippen LogP contribution in [-0.2, 0) is 6.54 Å². The Morgan fingerprint density at radius 3 is 2.96 bits per heavy atom. The van der Waals surface area contributed by atoms with Gasteiger partial charge in [-0.1, -0.05) is 17.7 Å². The molecule has 1 fully saturated rings. The summed E-state index contributed by atoms with van der Waals surface area (Å²) in [5.74, 6) is 1.59. The highest BCUT2D eigenvalue weighted by Crippen LogP contribution is 2.20. The van der Waals surface area contributed by atoms with Crippen molar-refractivity contribution in [2.45, 2.75) is 25.4 Å². The quantitative estimate of drug-likeness (QED) is 0.840.